The minimum Gasteiger partial charge on any atom is -0.481 e. The van der Waals surface area contributed by atoms with E-state index >= 15 is 0 Å². The van der Waals surface area contributed by atoms with E-state index < -0.39 is 0 Å². The zero-order chi connectivity index (χ0) is 18.7. The molecular formula is C19H24N4O2S. The number of nitrogens with one attached hydrogen (secondary N) is 1. The van der Waals surface area contributed by atoms with E-state index in [1.807, 2.05) is 24.5 Å². The summed E-state index contributed by atoms with van der Waals surface area (Å²) in [4.78, 5) is 21.8. The van der Waals surface area contributed by atoms with Crippen molar-refractivity contribution in [1.29, 1.82) is 0 Å². The Bertz CT molecular complexity index is 852. The molecule has 0 aromatic carbocycles. The first-order valence-corrected chi connectivity index (χ1v) is 9.40. The summed E-state index contributed by atoms with van der Waals surface area (Å²) in [5.74, 6) is 1.38. The van der Waals surface area contributed by atoms with Crippen molar-refractivity contribution in [3.63, 3.8) is 0 Å². The molecule has 1 aliphatic rings. The van der Waals surface area contributed by atoms with Crippen molar-refractivity contribution in [2.45, 2.75) is 19.9 Å². The molecule has 1 saturated heterocycles. The maximum Gasteiger partial charge on any atom is 0.250 e. The molecular weight excluding hydrogens is 348 g/mol. The van der Waals surface area contributed by atoms with Crippen LogP contribution < -0.4 is 15.2 Å². The standard InChI is InChI=1S/C19H24N4O2S/c1-5-26-22-6-7-23(14(3)12-22)17-8-15(9-18(24)21-17)16-10-19(25-4)20-11-13(16)2/h5,8-11,14H,1,6-7,12H2,2-4H3,(H,21,24). The van der Waals surface area contributed by atoms with Crippen LogP contribution in [0.4, 0.5) is 5.82 Å². The van der Waals surface area contributed by atoms with Gasteiger partial charge in [0, 0.05) is 44.0 Å². The highest BCUT2D eigenvalue weighted by molar-refractivity contribution is 7.99. The van der Waals surface area contributed by atoms with E-state index in [0.717, 1.165) is 42.1 Å². The predicted molar refractivity (Wildman–Crippen MR) is 108 cm³/mol. The van der Waals surface area contributed by atoms with Gasteiger partial charge in [0.15, 0.2) is 0 Å². The van der Waals surface area contributed by atoms with Gasteiger partial charge in [0.1, 0.15) is 5.82 Å². The van der Waals surface area contributed by atoms with Gasteiger partial charge in [-0.2, -0.15) is 0 Å². The number of aromatic amines is 1. The lowest BCUT2D eigenvalue weighted by molar-refractivity contribution is 0.374. The van der Waals surface area contributed by atoms with Crippen LogP contribution in [0.3, 0.4) is 0 Å². The number of methoxy groups -OCH3 is 1. The molecule has 0 bridgehead atoms. The number of aromatic nitrogens is 2. The molecule has 138 valence electrons. The fraction of sp³-hybridized carbons (Fsp3) is 0.368. The SMILES string of the molecule is C=CSN1CCN(c2cc(-c3cc(OC)ncc3C)cc(=O)[nH]2)C(C)C1. The molecule has 2 aromatic rings. The van der Waals surface area contributed by atoms with Gasteiger partial charge in [0.25, 0.3) is 0 Å². The molecule has 1 N–H and O–H groups in total. The third-order valence-electron chi connectivity index (χ3n) is 4.55. The highest BCUT2D eigenvalue weighted by atomic mass is 32.2. The van der Waals surface area contributed by atoms with Gasteiger partial charge >= 0.3 is 0 Å². The smallest absolute Gasteiger partial charge is 0.250 e. The van der Waals surface area contributed by atoms with Crippen molar-refractivity contribution in [3.8, 4) is 17.0 Å². The Kier molecular flexibility index (Phi) is 5.68. The first kappa shape index (κ1) is 18.5. The second-order valence-electron chi connectivity index (χ2n) is 6.36. The van der Waals surface area contributed by atoms with E-state index in [0.29, 0.717) is 5.88 Å². The average Bonchev–Trinajstić information content (AvgIpc) is 2.62. The Morgan fingerprint density at radius 3 is 2.88 bits per heavy atom. The van der Waals surface area contributed by atoms with Gasteiger partial charge in [-0.25, -0.2) is 9.29 Å². The summed E-state index contributed by atoms with van der Waals surface area (Å²) >= 11 is 1.64. The summed E-state index contributed by atoms with van der Waals surface area (Å²) in [5.41, 5.74) is 2.72. The topological polar surface area (TPSA) is 61.5 Å². The summed E-state index contributed by atoms with van der Waals surface area (Å²) in [6, 6.07) is 5.82. The Hall–Kier alpha value is -2.25. The first-order chi connectivity index (χ1) is 12.5. The van der Waals surface area contributed by atoms with Gasteiger partial charge < -0.3 is 14.6 Å². The molecule has 1 atom stereocenters. The molecule has 2 aromatic heterocycles. The van der Waals surface area contributed by atoms with Crippen molar-refractivity contribution < 1.29 is 4.74 Å². The zero-order valence-corrected chi connectivity index (χ0v) is 16.2. The third kappa shape index (κ3) is 3.94. The Balaban J connectivity index is 1.94. The molecule has 26 heavy (non-hydrogen) atoms. The highest BCUT2D eigenvalue weighted by Gasteiger charge is 2.25. The number of hydrogen-bond acceptors (Lipinski definition) is 6. The minimum absolute atomic E-state index is 0.109. The molecule has 0 radical (unpaired) electrons. The van der Waals surface area contributed by atoms with Gasteiger partial charge in [0.05, 0.1) is 7.11 Å². The van der Waals surface area contributed by atoms with Crippen molar-refractivity contribution in [2.24, 2.45) is 0 Å². The van der Waals surface area contributed by atoms with Crippen molar-refractivity contribution in [2.75, 3.05) is 31.6 Å². The number of anilines is 1. The van der Waals surface area contributed by atoms with Gasteiger partial charge in [0.2, 0.25) is 11.4 Å². The van der Waals surface area contributed by atoms with Gasteiger partial charge in [-0.1, -0.05) is 18.5 Å². The maximum absolute atomic E-state index is 12.3. The van der Waals surface area contributed by atoms with Crippen LogP contribution in [-0.4, -0.2) is 47.1 Å². The molecule has 7 heteroatoms. The average molecular weight is 372 g/mol. The second-order valence-corrected chi connectivity index (χ2v) is 7.42. The van der Waals surface area contributed by atoms with E-state index in [1.165, 1.54) is 0 Å². The Labute approximate surface area is 158 Å². The summed E-state index contributed by atoms with van der Waals surface area (Å²) in [5, 5.41) is 1.85. The fourth-order valence-corrected chi connectivity index (χ4v) is 3.95. The molecule has 1 fully saturated rings. The molecule has 1 aliphatic heterocycles. The summed E-state index contributed by atoms with van der Waals surface area (Å²) in [6.07, 6.45) is 1.77. The number of pyridine rings is 2. The van der Waals surface area contributed by atoms with Crippen LogP contribution in [0.2, 0.25) is 0 Å². The Morgan fingerprint density at radius 2 is 2.19 bits per heavy atom. The third-order valence-corrected chi connectivity index (χ3v) is 5.33. The Morgan fingerprint density at radius 1 is 1.38 bits per heavy atom. The van der Waals surface area contributed by atoms with Gasteiger partial charge in [-0.15, -0.1) is 0 Å². The highest BCUT2D eigenvalue weighted by Crippen LogP contribution is 2.29. The van der Waals surface area contributed by atoms with Gasteiger partial charge in [-0.05, 0) is 42.0 Å². The molecule has 1 unspecified atom stereocenters. The van der Waals surface area contributed by atoms with Crippen LogP contribution in [0.25, 0.3) is 11.1 Å². The van der Waals surface area contributed by atoms with Crippen LogP contribution in [-0.2, 0) is 0 Å². The van der Waals surface area contributed by atoms with E-state index in [9.17, 15) is 4.79 Å². The number of rotatable bonds is 5. The fourth-order valence-electron chi connectivity index (χ4n) is 3.25. The molecule has 3 heterocycles. The molecule has 3 rings (SSSR count). The van der Waals surface area contributed by atoms with E-state index in [1.54, 1.807) is 31.3 Å². The maximum atomic E-state index is 12.3. The molecule has 0 spiro atoms. The monoisotopic (exact) mass is 372 g/mol. The van der Waals surface area contributed by atoms with Crippen LogP contribution in [0.15, 0.2) is 41.2 Å². The van der Waals surface area contributed by atoms with E-state index in [-0.39, 0.29) is 11.6 Å². The number of nitrogens with zero attached hydrogens (tertiary/aromatic N) is 3. The lowest BCUT2D eigenvalue weighted by atomic mass is 10.0. The molecule has 0 amide bonds. The van der Waals surface area contributed by atoms with Crippen molar-refractivity contribution >= 4 is 17.8 Å². The van der Waals surface area contributed by atoms with Crippen LogP contribution in [0, 0.1) is 6.92 Å². The van der Waals surface area contributed by atoms with E-state index in [4.69, 9.17) is 4.74 Å². The zero-order valence-electron chi connectivity index (χ0n) is 15.4. The number of aryl methyl sites for hydroxylation is 1. The summed E-state index contributed by atoms with van der Waals surface area (Å²) in [7, 11) is 1.59. The first-order valence-electron chi connectivity index (χ1n) is 8.56. The molecule has 0 saturated carbocycles. The van der Waals surface area contributed by atoms with Crippen LogP contribution in [0.5, 0.6) is 5.88 Å². The normalized spacial score (nSPS) is 18.0. The molecule has 0 aliphatic carbocycles. The number of piperazine rings is 1. The largest absolute Gasteiger partial charge is 0.481 e. The second kappa shape index (κ2) is 7.97. The lowest BCUT2D eigenvalue weighted by Crippen LogP contribution is -2.50. The lowest BCUT2D eigenvalue weighted by Gasteiger charge is -2.39. The summed E-state index contributed by atoms with van der Waals surface area (Å²) in [6.45, 7) is 10.6. The number of hydrogen-bond donors (Lipinski definition) is 1. The van der Waals surface area contributed by atoms with Crippen LogP contribution in [0.1, 0.15) is 12.5 Å². The number of ether oxygens (including phenoxy) is 1. The van der Waals surface area contributed by atoms with Crippen LogP contribution >= 0.6 is 11.9 Å². The quantitative estimate of drug-likeness (QED) is 0.814. The van der Waals surface area contributed by atoms with E-state index in [2.05, 4.69) is 32.7 Å². The van der Waals surface area contributed by atoms with Crippen molar-refractivity contribution in [1.82, 2.24) is 14.3 Å². The minimum atomic E-state index is -0.109. The molecule has 6 nitrogen and oxygen atoms in total. The predicted octanol–water partition coefficient (Wildman–Crippen LogP) is 3.06. The van der Waals surface area contributed by atoms with Gasteiger partial charge in [-0.3, -0.25) is 4.79 Å². The van der Waals surface area contributed by atoms with Crippen molar-refractivity contribution in [3.05, 3.63) is 52.3 Å². The number of H-pyrrole nitrogens is 1. The summed E-state index contributed by atoms with van der Waals surface area (Å²) < 4.78 is 7.52.